The highest BCUT2D eigenvalue weighted by atomic mass is 79.9. The van der Waals surface area contributed by atoms with Crippen LogP contribution in [0.4, 0.5) is 0 Å². The number of ether oxygens (including phenoxy) is 1. The van der Waals surface area contributed by atoms with Crippen LogP contribution in [0.15, 0.2) is 24.3 Å². The Kier molecular flexibility index (Phi) is 4.46. The van der Waals surface area contributed by atoms with Crippen LogP contribution in [0.3, 0.4) is 0 Å². The zero-order chi connectivity index (χ0) is 9.68. The molecule has 0 saturated heterocycles. The van der Waals surface area contributed by atoms with Crippen molar-refractivity contribution in [2.45, 2.75) is 24.8 Å². The maximum absolute atomic E-state index is 5.08. The Balaban J connectivity index is 2.67. The Morgan fingerprint density at radius 3 is 2.69 bits per heavy atom. The van der Waals surface area contributed by atoms with E-state index in [1.54, 1.807) is 7.11 Å². The average molecular weight is 243 g/mol. The summed E-state index contributed by atoms with van der Waals surface area (Å²) in [6, 6.07) is 8.52. The van der Waals surface area contributed by atoms with E-state index in [4.69, 9.17) is 4.74 Å². The molecule has 0 aliphatic carbocycles. The molecule has 0 fully saturated rings. The van der Waals surface area contributed by atoms with Crippen LogP contribution in [-0.4, -0.2) is 11.9 Å². The van der Waals surface area contributed by atoms with Gasteiger partial charge in [-0.25, -0.2) is 0 Å². The van der Waals surface area contributed by atoms with Crippen molar-refractivity contribution in [3.8, 4) is 0 Å². The molecule has 0 bridgehead atoms. The van der Waals surface area contributed by atoms with E-state index in [0.29, 0.717) is 11.4 Å². The quantitative estimate of drug-likeness (QED) is 0.738. The molecule has 72 valence electrons. The predicted molar refractivity (Wildman–Crippen MR) is 59.2 cm³/mol. The number of methoxy groups -OCH3 is 1. The monoisotopic (exact) mass is 242 g/mol. The summed E-state index contributed by atoms with van der Waals surface area (Å²) in [6.45, 7) is 2.85. The lowest BCUT2D eigenvalue weighted by molar-refractivity contribution is 0.185. The Bertz CT molecular complexity index is 258. The Morgan fingerprint density at radius 2 is 2.08 bits per heavy atom. The maximum atomic E-state index is 5.08. The van der Waals surface area contributed by atoms with Gasteiger partial charge in [-0.3, -0.25) is 0 Å². The number of hydrogen-bond donors (Lipinski definition) is 0. The molecule has 0 aromatic heterocycles. The molecule has 1 unspecified atom stereocenters. The summed E-state index contributed by atoms with van der Waals surface area (Å²) in [6.07, 6.45) is 1.07. The highest BCUT2D eigenvalue weighted by molar-refractivity contribution is 9.09. The molecule has 0 aliphatic heterocycles. The molecule has 1 rings (SSSR count). The van der Waals surface area contributed by atoms with Gasteiger partial charge < -0.3 is 4.74 Å². The van der Waals surface area contributed by atoms with Gasteiger partial charge >= 0.3 is 0 Å². The number of benzene rings is 1. The number of rotatable bonds is 4. The van der Waals surface area contributed by atoms with Crippen molar-refractivity contribution in [1.82, 2.24) is 0 Å². The zero-order valence-corrected chi connectivity index (χ0v) is 9.67. The summed E-state index contributed by atoms with van der Waals surface area (Å²) in [5, 5.41) is 0. The standard InChI is InChI=1S/C11H15BrO/c1-9(12)6-10-4-3-5-11(7-10)8-13-2/h3-5,7,9H,6,8H2,1-2H3. The molecule has 1 nitrogen and oxygen atoms in total. The highest BCUT2D eigenvalue weighted by Gasteiger charge is 1.99. The van der Waals surface area contributed by atoms with Crippen LogP contribution in [0.25, 0.3) is 0 Å². The normalized spacial score (nSPS) is 12.8. The van der Waals surface area contributed by atoms with Gasteiger partial charge in [0.1, 0.15) is 0 Å². The third-order valence-corrected chi connectivity index (χ3v) is 2.14. The zero-order valence-electron chi connectivity index (χ0n) is 8.09. The molecule has 0 N–H and O–H groups in total. The molecule has 1 aromatic rings. The molecule has 0 radical (unpaired) electrons. The largest absolute Gasteiger partial charge is 0.380 e. The fourth-order valence-corrected chi connectivity index (χ4v) is 1.71. The van der Waals surface area contributed by atoms with Crippen LogP contribution in [0.2, 0.25) is 0 Å². The second kappa shape index (κ2) is 5.40. The first-order valence-corrected chi connectivity index (χ1v) is 5.34. The third-order valence-electron chi connectivity index (χ3n) is 1.82. The Hall–Kier alpha value is -0.340. The lowest BCUT2D eigenvalue weighted by atomic mass is 10.1. The summed E-state index contributed by atoms with van der Waals surface area (Å²) in [7, 11) is 1.72. The topological polar surface area (TPSA) is 9.23 Å². The lowest BCUT2D eigenvalue weighted by Gasteiger charge is -2.05. The van der Waals surface area contributed by atoms with Crippen molar-refractivity contribution in [2.75, 3.05) is 7.11 Å². The maximum Gasteiger partial charge on any atom is 0.0713 e. The number of alkyl halides is 1. The SMILES string of the molecule is COCc1cccc(CC(C)Br)c1. The van der Waals surface area contributed by atoms with Gasteiger partial charge in [0.05, 0.1) is 6.61 Å². The fourth-order valence-electron chi connectivity index (χ4n) is 1.34. The van der Waals surface area contributed by atoms with Gasteiger partial charge in [0.25, 0.3) is 0 Å². The Morgan fingerprint density at radius 1 is 1.38 bits per heavy atom. The van der Waals surface area contributed by atoms with E-state index in [1.807, 2.05) is 0 Å². The summed E-state index contributed by atoms with van der Waals surface area (Å²) >= 11 is 3.54. The third kappa shape index (κ3) is 3.92. The minimum atomic E-state index is 0.533. The summed E-state index contributed by atoms with van der Waals surface area (Å²) in [4.78, 5) is 0.533. The van der Waals surface area contributed by atoms with Crippen molar-refractivity contribution in [1.29, 1.82) is 0 Å². The highest BCUT2D eigenvalue weighted by Crippen LogP contribution is 2.11. The summed E-state index contributed by atoms with van der Waals surface area (Å²) < 4.78 is 5.08. The van der Waals surface area contributed by atoms with Crippen molar-refractivity contribution < 1.29 is 4.74 Å². The first-order chi connectivity index (χ1) is 6.22. The van der Waals surface area contributed by atoms with Gasteiger partial charge in [0.15, 0.2) is 0 Å². The van der Waals surface area contributed by atoms with Gasteiger partial charge in [0.2, 0.25) is 0 Å². The molecule has 2 heteroatoms. The van der Waals surface area contributed by atoms with Gasteiger partial charge in [-0.05, 0) is 17.5 Å². The van der Waals surface area contributed by atoms with Gasteiger partial charge in [-0.2, -0.15) is 0 Å². The second-order valence-corrected chi connectivity index (χ2v) is 4.80. The number of hydrogen-bond acceptors (Lipinski definition) is 1. The molecule has 0 aliphatic rings. The molecule has 0 saturated carbocycles. The van der Waals surface area contributed by atoms with Crippen LogP contribution < -0.4 is 0 Å². The van der Waals surface area contributed by atoms with E-state index in [9.17, 15) is 0 Å². The van der Waals surface area contributed by atoms with Gasteiger partial charge in [-0.1, -0.05) is 47.1 Å². The molecule has 0 amide bonds. The van der Waals surface area contributed by atoms with Crippen molar-refractivity contribution in [3.63, 3.8) is 0 Å². The second-order valence-electron chi connectivity index (χ2n) is 3.24. The van der Waals surface area contributed by atoms with Gasteiger partial charge in [0, 0.05) is 11.9 Å². The van der Waals surface area contributed by atoms with E-state index in [0.717, 1.165) is 6.42 Å². The van der Waals surface area contributed by atoms with Crippen molar-refractivity contribution in [3.05, 3.63) is 35.4 Å². The Labute approximate surface area is 88.2 Å². The van der Waals surface area contributed by atoms with Gasteiger partial charge in [-0.15, -0.1) is 0 Å². The van der Waals surface area contributed by atoms with E-state index < -0.39 is 0 Å². The average Bonchev–Trinajstić information content (AvgIpc) is 2.04. The van der Waals surface area contributed by atoms with Crippen LogP contribution in [0.1, 0.15) is 18.1 Å². The van der Waals surface area contributed by atoms with Crippen LogP contribution >= 0.6 is 15.9 Å². The number of halogens is 1. The minimum Gasteiger partial charge on any atom is -0.380 e. The molecular formula is C11H15BrO. The summed E-state index contributed by atoms with van der Waals surface area (Å²) in [5.74, 6) is 0. The smallest absolute Gasteiger partial charge is 0.0713 e. The lowest BCUT2D eigenvalue weighted by Crippen LogP contribution is -1.97. The predicted octanol–water partition coefficient (Wildman–Crippen LogP) is 3.16. The van der Waals surface area contributed by atoms with E-state index in [1.165, 1.54) is 11.1 Å². The first-order valence-electron chi connectivity index (χ1n) is 4.43. The molecule has 1 atom stereocenters. The molecular weight excluding hydrogens is 228 g/mol. The van der Waals surface area contributed by atoms with Crippen LogP contribution in [0, 0.1) is 0 Å². The molecule has 1 aromatic carbocycles. The fraction of sp³-hybridized carbons (Fsp3) is 0.455. The van der Waals surface area contributed by atoms with Crippen molar-refractivity contribution in [2.24, 2.45) is 0 Å². The van der Waals surface area contributed by atoms with E-state index in [2.05, 4.69) is 47.1 Å². The van der Waals surface area contributed by atoms with Crippen LogP contribution in [0.5, 0.6) is 0 Å². The molecule has 0 heterocycles. The molecule has 0 spiro atoms. The molecule has 13 heavy (non-hydrogen) atoms. The van der Waals surface area contributed by atoms with Crippen molar-refractivity contribution >= 4 is 15.9 Å². The first kappa shape index (κ1) is 10.7. The van der Waals surface area contributed by atoms with E-state index in [-0.39, 0.29) is 0 Å². The van der Waals surface area contributed by atoms with E-state index >= 15 is 0 Å². The minimum absolute atomic E-state index is 0.533. The summed E-state index contributed by atoms with van der Waals surface area (Å²) in [5.41, 5.74) is 2.60. The van der Waals surface area contributed by atoms with Crippen LogP contribution in [-0.2, 0) is 17.8 Å².